The van der Waals surface area contributed by atoms with E-state index >= 15 is 0 Å². The van der Waals surface area contributed by atoms with Gasteiger partial charge in [-0.05, 0) is 42.6 Å². The van der Waals surface area contributed by atoms with Crippen molar-refractivity contribution in [1.29, 1.82) is 0 Å². The highest BCUT2D eigenvalue weighted by Crippen LogP contribution is 2.72. The normalized spacial score (nSPS) is 41.6. The van der Waals surface area contributed by atoms with Gasteiger partial charge in [0.2, 0.25) is 0 Å². The first-order chi connectivity index (χ1) is 17.1. The number of rotatable bonds is 4. The number of hydrogen-bond acceptors (Lipinski definition) is 9. The molecule has 0 aromatic carbocycles. The van der Waals surface area contributed by atoms with Gasteiger partial charge in [0, 0.05) is 44.9 Å². The van der Waals surface area contributed by atoms with E-state index in [1.165, 1.54) is 27.7 Å². The molecule has 0 unspecified atom stereocenters. The summed E-state index contributed by atoms with van der Waals surface area (Å²) in [7, 11) is 0. The van der Waals surface area contributed by atoms with Crippen molar-refractivity contribution in [3.8, 4) is 0 Å². The van der Waals surface area contributed by atoms with Crippen LogP contribution in [0.4, 0.5) is 0 Å². The first-order valence-electron chi connectivity index (χ1n) is 13.0. The molecule has 0 aliphatic heterocycles. The Morgan fingerprint density at radius 3 is 1.89 bits per heavy atom. The first kappa shape index (κ1) is 27.3. The largest absolute Gasteiger partial charge is 0.462 e. The predicted octanol–water partition coefficient (Wildman–Crippen LogP) is 3.32. The van der Waals surface area contributed by atoms with Crippen LogP contribution < -0.4 is 0 Å². The van der Waals surface area contributed by atoms with Gasteiger partial charge in [0.1, 0.15) is 29.8 Å². The molecule has 2 bridgehead atoms. The molecule has 0 heterocycles. The van der Waals surface area contributed by atoms with Gasteiger partial charge in [0.15, 0.2) is 5.78 Å². The van der Waals surface area contributed by atoms with Gasteiger partial charge in [-0.3, -0.25) is 24.0 Å². The van der Waals surface area contributed by atoms with Crippen LogP contribution in [-0.4, -0.2) is 54.1 Å². The van der Waals surface area contributed by atoms with Crippen molar-refractivity contribution in [3.63, 3.8) is 0 Å². The summed E-state index contributed by atoms with van der Waals surface area (Å²) in [6.45, 7) is 15.5. The number of carbonyl (C=O) groups excluding carboxylic acids is 5. The molecule has 0 radical (unpaired) electrons. The Labute approximate surface area is 217 Å². The van der Waals surface area contributed by atoms with E-state index < -0.39 is 71.0 Å². The molecule has 9 heteroatoms. The third-order valence-electron chi connectivity index (χ3n) is 9.66. The summed E-state index contributed by atoms with van der Waals surface area (Å²) in [5.74, 6) is -3.98. The molecule has 0 amide bonds. The maximum atomic E-state index is 14.3. The van der Waals surface area contributed by atoms with Crippen molar-refractivity contribution >= 4 is 29.7 Å². The Morgan fingerprint density at radius 1 is 0.811 bits per heavy atom. The van der Waals surface area contributed by atoms with Gasteiger partial charge in [-0.25, -0.2) is 0 Å². The Hall–Kier alpha value is -2.71. The topological polar surface area (TPSA) is 122 Å². The molecular weight excluding hydrogens is 480 g/mol. The van der Waals surface area contributed by atoms with Gasteiger partial charge in [-0.2, -0.15) is 0 Å². The monoisotopic (exact) mass is 518 g/mol. The standard InChI is InChI=1S/C28H38O9/c1-13-18-11-19(34-14(2)29)23-27(8)20(26(6,7)10-9-21(27)35-15(3)30)12-22(36-16(4)31)28(23,24(13)33)25(18)37-17(5)32/h18-23,25H,1,9-12H2,2-8H3/t18-,19-,20+,21+,22+,23-,25-,27-,28+/m0/s1. The number of ether oxygens (including phenoxy) is 4. The summed E-state index contributed by atoms with van der Waals surface area (Å²) in [5, 5.41) is 0. The maximum Gasteiger partial charge on any atom is 0.302 e. The van der Waals surface area contributed by atoms with Crippen LogP contribution in [0.5, 0.6) is 0 Å². The fourth-order valence-electron chi connectivity index (χ4n) is 8.69. The number of Topliss-reactive ketones (excluding diaryl/α,β-unsaturated/α-hetero) is 1. The number of carbonyl (C=O) groups is 5. The lowest BCUT2D eigenvalue weighted by molar-refractivity contribution is -0.283. The predicted molar refractivity (Wildman–Crippen MR) is 130 cm³/mol. The zero-order valence-corrected chi connectivity index (χ0v) is 22.8. The molecule has 0 aromatic rings. The minimum atomic E-state index is -1.53. The van der Waals surface area contributed by atoms with E-state index in [-0.39, 0.29) is 29.1 Å². The molecule has 0 saturated heterocycles. The van der Waals surface area contributed by atoms with Crippen molar-refractivity contribution in [1.82, 2.24) is 0 Å². The molecular formula is C28H38O9. The maximum absolute atomic E-state index is 14.3. The Kier molecular flexibility index (Phi) is 6.61. The van der Waals surface area contributed by atoms with Crippen molar-refractivity contribution in [2.45, 2.75) is 98.6 Å². The number of ketones is 1. The highest BCUT2D eigenvalue weighted by molar-refractivity contribution is 6.05. The molecule has 0 N–H and O–H groups in total. The third kappa shape index (κ3) is 3.91. The Morgan fingerprint density at radius 2 is 1.35 bits per heavy atom. The molecule has 4 aliphatic rings. The number of esters is 4. The summed E-state index contributed by atoms with van der Waals surface area (Å²) in [4.78, 5) is 63.8. The highest BCUT2D eigenvalue weighted by atomic mass is 16.6. The average molecular weight is 519 g/mol. The summed E-state index contributed by atoms with van der Waals surface area (Å²) in [5.41, 5.74) is -2.41. The number of fused-ring (bicyclic) bond motifs is 3. The van der Waals surface area contributed by atoms with Gasteiger partial charge in [0.25, 0.3) is 0 Å². The molecule has 204 valence electrons. The van der Waals surface area contributed by atoms with Crippen LogP contribution in [0.2, 0.25) is 0 Å². The van der Waals surface area contributed by atoms with E-state index in [2.05, 4.69) is 20.4 Å². The van der Waals surface area contributed by atoms with Gasteiger partial charge in [0.05, 0.1) is 0 Å². The van der Waals surface area contributed by atoms with Crippen molar-refractivity contribution in [2.75, 3.05) is 0 Å². The van der Waals surface area contributed by atoms with Crippen LogP contribution in [0.25, 0.3) is 0 Å². The summed E-state index contributed by atoms with van der Waals surface area (Å²) in [6.07, 6.45) is -1.44. The molecule has 4 aliphatic carbocycles. The van der Waals surface area contributed by atoms with Crippen LogP contribution >= 0.6 is 0 Å². The lowest BCUT2D eigenvalue weighted by atomic mass is 9.38. The summed E-state index contributed by atoms with van der Waals surface area (Å²) >= 11 is 0. The summed E-state index contributed by atoms with van der Waals surface area (Å²) < 4.78 is 23.7. The van der Waals surface area contributed by atoms with E-state index in [1.807, 2.05) is 6.92 Å². The van der Waals surface area contributed by atoms with E-state index in [1.54, 1.807) is 0 Å². The molecule has 1 spiro atoms. The fraction of sp³-hybridized carbons (Fsp3) is 0.750. The SMILES string of the molecule is C=C1C(=O)[C@@]23[C@H](OC(C)=O)C[C@@H]4C(C)(C)CC[C@@H](OC(C)=O)[C@@]4(C)[C@@H]2[C@@H](OC(C)=O)C[C@@H]1[C@@H]3OC(C)=O. The third-order valence-corrected chi connectivity index (χ3v) is 9.66. The first-order valence-corrected chi connectivity index (χ1v) is 13.0. The lowest BCUT2D eigenvalue weighted by Gasteiger charge is -2.67. The smallest absolute Gasteiger partial charge is 0.302 e. The second-order valence-corrected chi connectivity index (χ2v) is 12.2. The quantitative estimate of drug-likeness (QED) is 0.313. The van der Waals surface area contributed by atoms with Crippen molar-refractivity contribution in [3.05, 3.63) is 12.2 Å². The van der Waals surface area contributed by atoms with Gasteiger partial charge < -0.3 is 18.9 Å². The second kappa shape index (κ2) is 8.95. The molecule has 9 nitrogen and oxygen atoms in total. The summed E-state index contributed by atoms with van der Waals surface area (Å²) in [6, 6.07) is 0. The van der Waals surface area contributed by atoms with Crippen LogP contribution in [0, 0.1) is 34.0 Å². The van der Waals surface area contributed by atoms with Crippen LogP contribution in [0.15, 0.2) is 12.2 Å². The van der Waals surface area contributed by atoms with Gasteiger partial charge in [-0.15, -0.1) is 0 Å². The number of hydrogen-bond donors (Lipinski definition) is 0. The minimum Gasteiger partial charge on any atom is -0.462 e. The van der Waals surface area contributed by atoms with Gasteiger partial charge >= 0.3 is 23.9 Å². The molecule has 4 rings (SSSR count). The fourth-order valence-corrected chi connectivity index (χ4v) is 8.69. The minimum absolute atomic E-state index is 0.174. The molecule has 4 saturated carbocycles. The molecule has 0 aromatic heterocycles. The molecule has 9 atom stereocenters. The van der Waals surface area contributed by atoms with E-state index in [9.17, 15) is 24.0 Å². The van der Waals surface area contributed by atoms with Crippen molar-refractivity contribution < 1.29 is 42.9 Å². The average Bonchev–Trinajstić information content (AvgIpc) is 2.87. The van der Waals surface area contributed by atoms with Gasteiger partial charge in [-0.1, -0.05) is 27.4 Å². The highest BCUT2D eigenvalue weighted by Gasteiger charge is 2.80. The Bertz CT molecular complexity index is 1060. The zero-order chi connectivity index (χ0) is 27.7. The van der Waals surface area contributed by atoms with Crippen molar-refractivity contribution in [2.24, 2.45) is 34.0 Å². The zero-order valence-electron chi connectivity index (χ0n) is 22.8. The second-order valence-electron chi connectivity index (χ2n) is 12.2. The van der Waals surface area contributed by atoms with Crippen LogP contribution in [0.1, 0.15) is 74.1 Å². The Balaban J connectivity index is 2.05. The van der Waals surface area contributed by atoms with Crippen LogP contribution in [-0.2, 0) is 42.9 Å². The van der Waals surface area contributed by atoms with Crippen LogP contribution in [0.3, 0.4) is 0 Å². The lowest BCUT2D eigenvalue weighted by Crippen LogP contribution is -2.74. The van der Waals surface area contributed by atoms with E-state index in [0.29, 0.717) is 12.8 Å². The molecule has 37 heavy (non-hydrogen) atoms. The van der Waals surface area contributed by atoms with E-state index in [4.69, 9.17) is 18.9 Å². The molecule has 4 fully saturated rings. The van der Waals surface area contributed by atoms with E-state index in [0.717, 1.165) is 6.42 Å².